The molecule has 110 valence electrons. The number of hydrazine groups is 1. The van der Waals surface area contributed by atoms with Crippen molar-refractivity contribution in [2.24, 2.45) is 5.84 Å². The van der Waals surface area contributed by atoms with Gasteiger partial charge in [0.2, 0.25) is 0 Å². The minimum Gasteiger partial charge on any atom is -0.338 e. The van der Waals surface area contributed by atoms with Gasteiger partial charge >= 0.3 is 0 Å². The number of aromatic nitrogens is 1. The molecule has 3 N–H and O–H groups in total. The number of amides is 1. The first-order valence-corrected chi connectivity index (χ1v) is 8.18. The fourth-order valence-corrected chi connectivity index (χ4v) is 3.48. The minimum absolute atomic E-state index is 0.0600. The van der Waals surface area contributed by atoms with Gasteiger partial charge in [0, 0.05) is 30.4 Å². The molecule has 0 atom stereocenters. The van der Waals surface area contributed by atoms with Crippen LogP contribution in [0.15, 0.2) is 30.5 Å². The van der Waals surface area contributed by atoms with E-state index >= 15 is 0 Å². The fourth-order valence-electron chi connectivity index (χ4n) is 2.60. The number of nitrogens with zero attached hydrogens (tertiary/aromatic N) is 2. The second-order valence-electron chi connectivity index (χ2n) is 4.97. The van der Waals surface area contributed by atoms with Gasteiger partial charge in [-0.3, -0.25) is 4.79 Å². The molecule has 0 radical (unpaired) electrons. The molecular weight excluding hydrogens is 284 g/mol. The average molecular weight is 302 g/mol. The van der Waals surface area contributed by atoms with Crippen LogP contribution < -0.4 is 11.3 Å². The van der Waals surface area contributed by atoms with Gasteiger partial charge < -0.3 is 10.3 Å². The Morgan fingerprint density at radius 2 is 2.05 bits per heavy atom. The quantitative estimate of drug-likeness (QED) is 0.656. The van der Waals surface area contributed by atoms with Crippen molar-refractivity contribution >= 4 is 34.3 Å². The maximum Gasteiger partial charge on any atom is 0.256 e. The number of rotatable bonds is 2. The lowest BCUT2D eigenvalue weighted by Gasteiger charge is -2.21. The molecule has 0 spiro atoms. The summed E-state index contributed by atoms with van der Waals surface area (Å²) in [5.41, 5.74) is 3.24. The van der Waals surface area contributed by atoms with Crippen molar-refractivity contribution in [3.8, 4) is 0 Å². The second kappa shape index (κ2) is 6.32. The van der Waals surface area contributed by atoms with E-state index in [-0.39, 0.29) is 5.91 Å². The zero-order valence-corrected chi connectivity index (χ0v) is 12.5. The van der Waals surface area contributed by atoms with Crippen LogP contribution in [-0.4, -0.2) is 40.4 Å². The van der Waals surface area contributed by atoms with Crippen LogP contribution >= 0.6 is 11.8 Å². The molecule has 2 heterocycles. The Labute approximate surface area is 127 Å². The molecule has 1 aromatic carbocycles. The topological polar surface area (TPSA) is 71.2 Å². The van der Waals surface area contributed by atoms with Crippen molar-refractivity contribution in [3.05, 3.63) is 36.0 Å². The van der Waals surface area contributed by atoms with Crippen molar-refractivity contribution in [1.29, 1.82) is 0 Å². The fraction of sp³-hybridized carbons (Fsp3) is 0.333. The van der Waals surface area contributed by atoms with E-state index in [1.165, 1.54) is 0 Å². The maximum atomic E-state index is 12.8. The van der Waals surface area contributed by atoms with Gasteiger partial charge in [-0.25, -0.2) is 10.8 Å². The Balaban J connectivity index is 2.01. The van der Waals surface area contributed by atoms with Crippen LogP contribution in [0.3, 0.4) is 0 Å². The molecule has 1 saturated heterocycles. The van der Waals surface area contributed by atoms with E-state index in [1.54, 1.807) is 6.20 Å². The van der Waals surface area contributed by atoms with Gasteiger partial charge in [0.05, 0.1) is 5.56 Å². The summed E-state index contributed by atoms with van der Waals surface area (Å²) < 4.78 is 0. The Kier molecular flexibility index (Phi) is 4.26. The van der Waals surface area contributed by atoms with Crippen LogP contribution in [0.25, 0.3) is 10.8 Å². The second-order valence-corrected chi connectivity index (χ2v) is 6.19. The van der Waals surface area contributed by atoms with E-state index in [2.05, 4.69) is 10.4 Å². The maximum absolute atomic E-state index is 12.8. The summed E-state index contributed by atoms with van der Waals surface area (Å²) in [4.78, 5) is 19.0. The predicted octanol–water partition coefficient (Wildman–Crippen LogP) is 2.10. The lowest BCUT2D eigenvalue weighted by atomic mass is 10.1. The number of carbonyl (C=O) groups is 1. The number of hydrogen-bond donors (Lipinski definition) is 2. The molecule has 1 aromatic heterocycles. The number of pyridine rings is 1. The number of nitrogen functional groups attached to an aromatic ring is 1. The van der Waals surface area contributed by atoms with Crippen LogP contribution in [0.4, 0.5) is 5.82 Å². The van der Waals surface area contributed by atoms with Gasteiger partial charge in [-0.05, 0) is 17.6 Å². The zero-order chi connectivity index (χ0) is 14.7. The third-order valence-electron chi connectivity index (χ3n) is 3.67. The Bertz CT molecular complexity index is 653. The first-order chi connectivity index (χ1) is 10.3. The van der Waals surface area contributed by atoms with E-state index in [4.69, 9.17) is 5.84 Å². The van der Waals surface area contributed by atoms with Gasteiger partial charge in [-0.15, -0.1) is 0 Å². The van der Waals surface area contributed by atoms with E-state index < -0.39 is 0 Å². The molecule has 0 bridgehead atoms. The highest BCUT2D eigenvalue weighted by Gasteiger charge is 2.20. The molecule has 21 heavy (non-hydrogen) atoms. The number of nitrogens with one attached hydrogen (secondary N) is 1. The third-order valence-corrected chi connectivity index (χ3v) is 4.72. The number of fused-ring (bicyclic) bond motifs is 1. The average Bonchev–Trinajstić information content (AvgIpc) is 2.82. The highest BCUT2D eigenvalue weighted by Crippen LogP contribution is 2.25. The Morgan fingerprint density at radius 1 is 1.24 bits per heavy atom. The molecule has 1 aliphatic rings. The van der Waals surface area contributed by atoms with Gasteiger partial charge in [-0.2, -0.15) is 11.8 Å². The summed E-state index contributed by atoms with van der Waals surface area (Å²) in [5, 5.41) is 1.76. The summed E-state index contributed by atoms with van der Waals surface area (Å²) in [5.74, 6) is 8.27. The van der Waals surface area contributed by atoms with E-state index in [0.29, 0.717) is 11.4 Å². The number of benzene rings is 1. The van der Waals surface area contributed by atoms with Crippen LogP contribution in [0, 0.1) is 0 Å². The zero-order valence-electron chi connectivity index (χ0n) is 11.7. The van der Waals surface area contributed by atoms with Gasteiger partial charge in [0.25, 0.3) is 5.91 Å². The van der Waals surface area contributed by atoms with Crippen LogP contribution in [0.1, 0.15) is 16.8 Å². The molecule has 0 saturated carbocycles. The van der Waals surface area contributed by atoms with E-state index in [1.807, 2.05) is 40.9 Å². The highest BCUT2D eigenvalue weighted by atomic mass is 32.2. The molecule has 2 aromatic rings. The smallest absolute Gasteiger partial charge is 0.256 e. The standard InChI is InChI=1S/C15H18N4OS/c16-18-14-12-5-2-1-4-11(12)13(10-17-14)15(20)19-6-3-8-21-9-7-19/h1-2,4-5,10H,3,6-9,16H2,(H,17,18). The minimum atomic E-state index is 0.0600. The summed E-state index contributed by atoms with van der Waals surface area (Å²) in [6.45, 7) is 1.62. The van der Waals surface area contributed by atoms with E-state index in [9.17, 15) is 4.79 Å². The molecule has 0 unspecified atom stereocenters. The SMILES string of the molecule is NNc1ncc(C(=O)N2CCCSCC2)c2ccccc12. The number of hydrogen-bond acceptors (Lipinski definition) is 5. The Hall–Kier alpha value is -1.79. The molecule has 6 heteroatoms. The molecule has 3 rings (SSSR count). The van der Waals surface area contributed by atoms with Crippen molar-refractivity contribution < 1.29 is 4.79 Å². The van der Waals surface area contributed by atoms with Gasteiger partial charge in [-0.1, -0.05) is 24.3 Å². The predicted molar refractivity (Wildman–Crippen MR) is 87.4 cm³/mol. The lowest BCUT2D eigenvalue weighted by molar-refractivity contribution is 0.0770. The van der Waals surface area contributed by atoms with Gasteiger partial charge in [0.15, 0.2) is 0 Å². The molecule has 1 amide bonds. The molecule has 5 nitrogen and oxygen atoms in total. The number of carbonyl (C=O) groups excluding carboxylic acids is 1. The summed E-state index contributed by atoms with van der Waals surface area (Å²) >= 11 is 1.91. The molecule has 0 aliphatic carbocycles. The number of nitrogens with two attached hydrogens (primary N) is 1. The van der Waals surface area contributed by atoms with E-state index in [0.717, 1.165) is 41.8 Å². The van der Waals surface area contributed by atoms with Crippen LogP contribution in [-0.2, 0) is 0 Å². The normalized spacial score (nSPS) is 15.8. The summed E-state index contributed by atoms with van der Waals surface area (Å²) in [6.07, 6.45) is 2.67. The number of thioether (sulfide) groups is 1. The highest BCUT2D eigenvalue weighted by molar-refractivity contribution is 7.99. The largest absolute Gasteiger partial charge is 0.338 e. The summed E-state index contributed by atoms with van der Waals surface area (Å²) in [6, 6.07) is 7.71. The van der Waals surface area contributed by atoms with Crippen molar-refractivity contribution in [2.45, 2.75) is 6.42 Å². The number of anilines is 1. The van der Waals surface area contributed by atoms with Crippen molar-refractivity contribution in [1.82, 2.24) is 9.88 Å². The Morgan fingerprint density at radius 3 is 2.86 bits per heavy atom. The van der Waals surface area contributed by atoms with Crippen molar-refractivity contribution in [2.75, 3.05) is 30.0 Å². The van der Waals surface area contributed by atoms with Crippen LogP contribution in [0.5, 0.6) is 0 Å². The lowest BCUT2D eigenvalue weighted by Crippen LogP contribution is -2.33. The first kappa shape index (κ1) is 14.2. The van der Waals surface area contributed by atoms with Gasteiger partial charge in [0.1, 0.15) is 5.82 Å². The third kappa shape index (κ3) is 2.82. The molecule has 1 fully saturated rings. The molecular formula is C15H18N4OS. The van der Waals surface area contributed by atoms with Crippen molar-refractivity contribution in [3.63, 3.8) is 0 Å². The molecule has 1 aliphatic heterocycles. The first-order valence-electron chi connectivity index (χ1n) is 7.02. The summed E-state index contributed by atoms with van der Waals surface area (Å²) in [7, 11) is 0. The van der Waals surface area contributed by atoms with Crippen LogP contribution in [0.2, 0.25) is 0 Å². The monoisotopic (exact) mass is 302 g/mol.